The summed E-state index contributed by atoms with van der Waals surface area (Å²) in [6.45, 7) is 6.51. The minimum absolute atomic E-state index is 0.113. The van der Waals surface area contributed by atoms with Crippen molar-refractivity contribution in [2.75, 3.05) is 5.88 Å². The van der Waals surface area contributed by atoms with E-state index >= 15 is 0 Å². The summed E-state index contributed by atoms with van der Waals surface area (Å²) in [5, 5.41) is 0. The molecule has 0 amide bonds. The smallest absolute Gasteiger partial charge is 0.207 e. The molecule has 0 heterocycles. The standard InChI is InChI=1S/C12H17ClFNO2S/c1-8-5-10(14)6-9(2)11(8)18(16,17)15-12(3,4)7-13/h5-6,15H,7H2,1-4H3. The molecule has 0 saturated heterocycles. The van der Waals surface area contributed by atoms with Gasteiger partial charge in [0.25, 0.3) is 0 Å². The molecule has 0 unspecified atom stereocenters. The minimum Gasteiger partial charge on any atom is -0.207 e. The van der Waals surface area contributed by atoms with Crippen LogP contribution in [0.2, 0.25) is 0 Å². The van der Waals surface area contributed by atoms with Gasteiger partial charge in [-0.2, -0.15) is 0 Å². The third-order valence-electron chi connectivity index (χ3n) is 2.44. The number of halogens is 2. The monoisotopic (exact) mass is 293 g/mol. The number of hydrogen-bond acceptors (Lipinski definition) is 2. The van der Waals surface area contributed by atoms with Crippen LogP contribution >= 0.6 is 11.6 Å². The lowest BCUT2D eigenvalue weighted by atomic mass is 10.1. The van der Waals surface area contributed by atoms with E-state index in [4.69, 9.17) is 11.6 Å². The first-order chi connectivity index (χ1) is 8.09. The average molecular weight is 294 g/mol. The molecule has 6 heteroatoms. The van der Waals surface area contributed by atoms with Gasteiger partial charge in [0.1, 0.15) is 5.82 Å². The van der Waals surface area contributed by atoms with Crippen molar-refractivity contribution in [3.05, 3.63) is 29.1 Å². The van der Waals surface area contributed by atoms with E-state index in [-0.39, 0.29) is 10.8 Å². The van der Waals surface area contributed by atoms with Gasteiger partial charge < -0.3 is 0 Å². The molecule has 0 aromatic heterocycles. The molecule has 1 aromatic rings. The van der Waals surface area contributed by atoms with E-state index in [2.05, 4.69) is 4.72 Å². The molecule has 0 atom stereocenters. The van der Waals surface area contributed by atoms with Gasteiger partial charge in [0, 0.05) is 11.4 Å². The Morgan fingerprint density at radius 2 is 1.72 bits per heavy atom. The lowest BCUT2D eigenvalue weighted by molar-refractivity contribution is 0.495. The van der Waals surface area contributed by atoms with Gasteiger partial charge >= 0.3 is 0 Å². The van der Waals surface area contributed by atoms with Crippen LogP contribution in [0.3, 0.4) is 0 Å². The Morgan fingerprint density at radius 3 is 2.11 bits per heavy atom. The van der Waals surface area contributed by atoms with Crippen LogP contribution in [0.1, 0.15) is 25.0 Å². The summed E-state index contributed by atoms with van der Waals surface area (Å²) in [7, 11) is -3.71. The number of sulfonamides is 1. The van der Waals surface area contributed by atoms with Crippen LogP contribution in [0.4, 0.5) is 4.39 Å². The Kier molecular flexibility index (Phi) is 4.41. The van der Waals surface area contributed by atoms with Crippen molar-refractivity contribution in [3.8, 4) is 0 Å². The lowest BCUT2D eigenvalue weighted by Gasteiger charge is -2.24. The van der Waals surface area contributed by atoms with Gasteiger partial charge in [-0.05, 0) is 51.0 Å². The molecule has 0 fully saturated rings. The van der Waals surface area contributed by atoms with Crippen molar-refractivity contribution >= 4 is 21.6 Å². The largest absolute Gasteiger partial charge is 0.241 e. The van der Waals surface area contributed by atoms with Crippen LogP contribution in [-0.4, -0.2) is 19.8 Å². The van der Waals surface area contributed by atoms with Crippen LogP contribution in [-0.2, 0) is 10.0 Å². The zero-order valence-corrected chi connectivity index (χ0v) is 12.4. The topological polar surface area (TPSA) is 46.2 Å². The van der Waals surface area contributed by atoms with Gasteiger partial charge in [-0.1, -0.05) is 0 Å². The molecule has 0 aliphatic heterocycles. The fourth-order valence-corrected chi connectivity index (χ4v) is 3.78. The van der Waals surface area contributed by atoms with Gasteiger partial charge in [-0.25, -0.2) is 17.5 Å². The predicted octanol–water partition coefficient (Wildman–Crippen LogP) is 2.74. The second kappa shape index (κ2) is 5.15. The Morgan fingerprint density at radius 1 is 1.28 bits per heavy atom. The van der Waals surface area contributed by atoms with Gasteiger partial charge in [0.2, 0.25) is 10.0 Å². The zero-order valence-electron chi connectivity index (χ0n) is 10.8. The van der Waals surface area contributed by atoms with Gasteiger partial charge in [-0.3, -0.25) is 0 Å². The number of rotatable bonds is 4. The Labute approximate surface area is 112 Å². The summed E-state index contributed by atoms with van der Waals surface area (Å²) in [6.07, 6.45) is 0. The number of alkyl halides is 1. The molecule has 0 saturated carbocycles. The molecule has 0 bridgehead atoms. The van der Waals surface area contributed by atoms with E-state index in [1.54, 1.807) is 27.7 Å². The molecule has 18 heavy (non-hydrogen) atoms. The maximum absolute atomic E-state index is 13.2. The first kappa shape index (κ1) is 15.4. The van der Waals surface area contributed by atoms with Gasteiger partial charge in [0.05, 0.1) is 4.90 Å². The summed E-state index contributed by atoms with van der Waals surface area (Å²) in [6, 6.07) is 2.41. The first-order valence-corrected chi connectivity index (χ1v) is 7.47. The highest BCUT2D eigenvalue weighted by atomic mass is 35.5. The first-order valence-electron chi connectivity index (χ1n) is 5.46. The van der Waals surface area contributed by atoms with Crippen molar-refractivity contribution in [2.24, 2.45) is 0 Å². The average Bonchev–Trinajstić information content (AvgIpc) is 2.13. The highest BCUT2D eigenvalue weighted by molar-refractivity contribution is 7.89. The number of aryl methyl sites for hydroxylation is 2. The number of hydrogen-bond donors (Lipinski definition) is 1. The molecule has 3 nitrogen and oxygen atoms in total. The summed E-state index contributed by atoms with van der Waals surface area (Å²) in [4.78, 5) is 0.113. The summed E-state index contributed by atoms with van der Waals surface area (Å²) >= 11 is 5.70. The van der Waals surface area contributed by atoms with E-state index in [0.717, 1.165) is 0 Å². The molecule has 1 aromatic carbocycles. The third kappa shape index (κ3) is 3.43. The molecule has 102 valence electrons. The fourth-order valence-electron chi connectivity index (χ4n) is 1.76. The summed E-state index contributed by atoms with van der Waals surface area (Å²) in [5.74, 6) is -0.300. The maximum atomic E-state index is 13.2. The highest BCUT2D eigenvalue weighted by Crippen LogP contribution is 2.23. The highest BCUT2D eigenvalue weighted by Gasteiger charge is 2.28. The fraction of sp³-hybridized carbons (Fsp3) is 0.500. The summed E-state index contributed by atoms with van der Waals surface area (Å²) in [5.41, 5.74) is 0.00365. The second-order valence-electron chi connectivity index (χ2n) is 4.99. The van der Waals surface area contributed by atoms with E-state index in [1.807, 2.05) is 0 Å². The van der Waals surface area contributed by atoms with Crippen LogP contribution in [0.15, 0.2) is 17.0 Å². The molecule has 0 spiro atoms. The van der Waals surface area contributed by atoms with Crippen molar-refractivity contribution < 1.29 is 12.8 Å². The molecular weight excluding hydrogens is 277 g/mol. The van der Waals surface area contributed by atoms with Crippen LogP contribution in [0.25, 0.3) is 0 Å². The Hall–Kier alpha value is -0.650. The van der Waals surface area contributed by atoms with E-state index in [1.165, 1.54) is 12.1 Å². The quantitative estimate of drug-likeness (QED) is 0.868. The lowest BCUT2D eigenvalue weighted by Crippen LogP contribution is -2.45. The van der Waals surface area contributed by atoms with Crippen molar-refractivity contribution in [1.82, 2.24) is 4.72 Å². The molecule has 1 rings (SSSR count). The zero-order chi connectivity index (χ0) is 14.1. The minimum atomic E-state index is -3.71. The van der Waals surface area contributed by atoms with Crippen LogP contribution < -0.4 is 4.72 Å². The molecule has 1 N–H and O–H groups in total. The van der Waals surface area contributed by atoms with Gasteiger partial charge in [-0.15, -0.1) is 11.6 Å². The normalized spacial score (nSPS) is 12.8. The third-order valence-corrected chi connectivity index (χ3v) is 5.11. The van der Waals surface area contributed by atoms with Crippen LogP contribution in [0, 0.1) is 19.7 Å². The molecule has 0 aliphatic carbocycles. The predicted molar refractivity (Wildman–Crippen MR) is 71.0 cm³/mol. The number of nitrogens with one attached hydrogen (secondary N) is 1. The van der Waals surface area contributed by atoms with Crippen LogP contribution in [0.5, 0.6) is 0 Å². The number of benzene rings is 1. The maximum Gasteiger partial charge on any atom is 0.241 e. The molecule has 0 radical (unpaired) electrons. The molecule has 0 aliphatic rings. The molecular formula is C12H17ClFNO2S. The van der Waals surface area contributed by atoms with Crippen molar-refractivity contribution in [3.63, 3.8) is 0 Å². The summed E-state index contributed by atoms with van der Waals surface area (Å²) < 4.78 is 40.2. The second-order valence-corrected chi connectivity index (χ2v) is 6.88. The van der Waals surface area contributed by atoms with E-state index < -0.39 is 21.4 Å². The van der Waals surface area contributed by atoms with E-state index in [9.17, 15) is 12.8 Å². The van der Waals surface area contributed by atoms with Crippen molar-refractivity contribution in [1.29, 1.82) is 0 Å². The SMILES string of the molecule is Cc1cc(F)cc(C)c1S(=O)(=O)NC(C)(C)CCl. The van der Waals surface area contributed by atoms with Crippen molar-refractivity contribution in [2.45, 2.75) is 38.1 Å². The van der Waals surface area contributed by atoms with E-state index in [0.29, 0.717) is 11.1 Å². The Bertz CT molecular complexity index is 532. The van der Waals surface area contributed by atoms with Gasteiger partial charge in [0.15, 0.2) is 0 Å². The Balaban J connectivity index is 3.30.